The summed E-state index contributed by atoms with van der Waals surface area (Å²) in [4.78, 5) is 11.9. The van der Waals surface area contributed by atoms with Crippen LogP contribution in [0.2, 0.25) is 0 Å². The van der Waals surface area contributed by atoms with Crippen LogP contribution in [0.15, 0.2) is 42.7 Å². The van der Waals surface area contributed by atoms with Crippen LogP contribution in [-0.2, 0) is 12.8 Å². The SMILES string of the molecule is CCCCCc1ccc(CC(=O)n2cccn2)cc1. The van der Waals surface area contributed by atoms with Crippen LogP contribution in [0.3, 0.4) is 0 Å². The highest BCUT2D eigenvalue weighted by Crippen LogP contribution is 2.10. The van der Waals surface area contributed by atoms with Gasteiger partial charge in [0.05, 0.1) is 6.42 Å². The first-order chi connectivity index (χ1) is 9.29. The van der Waals surface area contributed by atoms with Gasteiger partial charge in [0, 0.05) is 12.4 Å². The van der Waals surface area contributed by atoms with E-state index < -0.39 is 0 Å². The number of nitrogens with zero attached hydrogens (tertiary/aromatic N) is 2. The normalized spacial score (nSPS) is 10.6. The first kappa shape index (κ1) is 13.5. The number of hydrogen-bond donors (Lipinski definition) is 0. The second kappa shape index (κ2) is 6.88. The van der Waals surface area contributed by atoms with E-state index in [-0.39, 0.29) is 5.91 Å². The third-order valence-corrected chi connectivity index (χ3v) is 3.21. The Bertz CT molecular complexity index is 500. The Morgan fingerprint density at radius 2 is 1.89 bits per heavy atom. The minimum absolute atomic E-state index is 0.00346. The van der Waals surface area contributed by atoms with Crippen molar-refractivity contribution in [2.45, 2.75) is 39.0 Å². The van der Waals surface area contributed by atoms with Gasteiger partial charge in [-0.3, -0.25) is 4.79 Å². The molecule has 19 heavy (non-hydrogen) atoms. The highest BCUT2D eigenvalue weighted by Gasteiger charge is 2.05. The summed E-state index contributed by atoms with van der Waals surface area (Å²) in [6, 6.07) is 10.1. The lowest BCUT2D eigenvalue weighted by molar-refractivity contribution is 0.0898. The van der Waals surface area contributed by atoms with Gasteiger partial charge in [0.1, 0.15) is 0 Å². The van der Waals surface area contributed by atoms with Gasteiger partial charge in [-0.05, 0) is 30.0 Å². The van der Waals surface area contributed by atoms with Gasteiger partial charge < -0.3 is 0 Å². The molecular formula is C16H20N2O. The zero-order valence-corrected chi connectivity index (χ0v) is 11.4. The molecule has 3 heteroatoms. The van der Waals surface area contributed by atoms with E-state index in [1.807, 2.05) is 12.1 Å². The molecule has 0 spiro atoms. The van der Waals surface area contributed by atoms with Crippen molar-refractivity contribution in [1.29, 1.82) is 0 Å². The van der Waals surface area contributed by atoms with Gasteiger partial charge in [-0.15, -0.1) is 0 Å². The molecule has 0 saturated carbocycles. The maximum Gasteiger partial charge on any atom is 0.251 e. The van der Waals surface area contributed by atoms with Crippen LogP contribution in [0.25, 0.3) is 0 Å². The van der Waals surface area contributed by atoms with Gasteiger partial charge in [0.25, 0.3) is 5.91 Å². The lowest BCUT2D eigenvalue weighted by Gasteiger charge is -2.04. The molecule has 0 bridgehead atoms. The summed E-state index contributed by atoms with van der Waals surface area (Å²) in [6.45, 7) is 2.21. The molecule has 100 valence electrons. The quantitative estimate of drug-likeness (QED) is 0.741. The van der Waals surface area contributed by atoms with E-state index in [0.717, 1.165) is 12.0 Å². The van der Waals surface area contributed by atoms with Crippen LogP contribution in [0.4, 0.5) is 0 Å². The van der Waals surface area contributed by atoms with Gasteiger partial charge in [0.15, 0.2) is 0 Å². The Morgan fingerprint density at radius 1 is 1.16 bits per heavy atom. The second-order valence-electron chi connectivity index (χ2n) is 4.79. The maximum absolute atomic E-state index is 11.9. The molecule has 0 atom stereocenters. The fourth-order valence-corrected chi connectivity index (χ4v) is 2.07. The minimum Gasteiger partial charge on any atom is -0.272 e. The van der Waals surface area contributed by atoms with E-state index >= 15 is 0 Å². The van der Waals surface area contributed by atoms with E-state index in [9.17, 15) is 4.79 Å². The van der Waals surface area contributed by atoms with Crippen molar-refractivity contribution in [3.63, 3.8) is 0 Å². The van der Waals surface area contributed by atoms with Crippen LogP contribution in [0, 0.1) is 0 Å². The lowest BCUT2D eigenvalue weighted by Crippen LogP contribution is -2.13. The number of hydrogen-bond acceptors (Lipinski definition) is 2. The van der Waals surface area contributed by atoms with Crippen LogP contribution < -0.4 is 0 Å². The summed E-state index contributed by atoms with van der Waals surface area (Å²) in [5, 5.41) is 3.95. The highest BCUT2D eigenvalue weighted by atomic mass is 16.2. The third-order valence-electron chi connectivity index (χ3n) is 3.21. The molecule has 1 heterocycles. The third kappa shape index (κ3) is 4.05. The topological polar surface area (TPSA) is 34.9 Å². The largest absolute Gasteiger partial charge is 0.272 e. The fourth-order valence-electron chi connectivity index (χ4n) is 2.07. The molecule has 0 unspecified atom stereocenters. The molecule has 0 radical (unpaired) electrons. The van der Waals surface area contributed by atoms with Crippen molar-refractivity contribution in [1.82, 2.24) is 9.78 Å². The number of carbonyl (C=O) groups is 1. The Balaban J connectivity index is 1.90. The Labute approximate surface area is 114 Å². The second-order valence-corrected chi connectivity index (χ2v) is 4.79. The van der Waals surface area contributed by atoms with Crippen LogP contribution in [0.1, 0.15) is 42.1 Å². The van der Waals surface area contributed by atoms with E-state index in [4.69, 9.17) is 0 Å². The molecule has 2 rings (SSSR count). The molecule has 0 saturated heterocycles. The van der Waals surface area contributed by atoms with Crippen LogP contribution in [0.5, 0.6) is 0 Å². The maximum atomic E-state index is 11.9. The van der Waals surface area contributed by atoms with E-state index in [2.05, 4.69) is 24.2 Å². The summed E-state index contributed by atoms with van der Waals surface area (Å²) in [7, 11) is 0. The van der Waals surface area contributed by atoms with Gasteiger partial charge in [-0.2, -0.15) is 5.10 Å². The van der Waals surface area contributed by atoms with Gasteiger partial charge in [-0.25, -0.2) is 4.68 Å². The summed E-state index contributed by atoms with van der Waals surface area (Å²) in [6.07, 6.45) is 8.59. The molecule has 0 aliphatic heterocycles. The first-order valence-corrected chi connectivity index (χ1v) is 6.90. The number of aryl methyl sites for hydroxylation is 1. The molecule has 3 nitrogen and oxygen atoms in total. The summed E-state index contributed by atoms with van der Waals surface area (Å²) in [5.41, 5.74) is 2.39. The number of unbranched alkanes of at least 4 members (excludes halogenated alkanes) is 2. The van der Waals surface area contributed by atoms with E-state index in [1.165, 1.54) is 29.5 Å². The molecule has 0 N–H and O–H groups in total. The number of benzene rings is 1. The highest BCUT2D eigenvalue weighted by molar-refractivity contribution is 5.80. The van der Waals surface area contributed by atoms with Gasteiger partial charge in [-0.1, -0.05) is 44.0 Å². The Morgan fingerprint density at radius 3 is 2.53 bits per heavy atom. The number of carbonyl (C=O) groups excluding carboxylic acids is 1. The standard InChI is InChI=1S/C16H20N2O/c1-2-3-4-6-14-7-9-15(10-8-14)13-16(19)18-12-5-11-17-18/h5,7-12H,2-4,6,13H2,1H3. The molecule has 0 fully saturated rings. The van der Waals surface area contributed by atoms with Crippen molar-refractivity contribution >= 4 is 5.91 Å². The summed E-state index contributed by atoms with van der Waals surface area (Å²) < 4.78 is 1.38. The predicted octanol–water partition coefficient (Wildman–Crippen LogP) is 3.50. The van der Waals surface area contributed by atoms with E-state index in [0.29, 0.717) is 6.42 Å². The minimum atomic E-state index is 0.00346. The van der Waals surface area contributed by atoms with Crippen molar-refractivity contribution in [3.05, 3.63) is 53.9 Å². The molecular weight excluding hydrogens is 236 g/mol. The molecule has 2 aromatic rings. The zero-order valence-electron chi connectivity index (χ0n) is 11.4. The molecule has 1 aromatic heterocycles. The van der Waals surface area contributed by atoms with Crippen molar-refractivity contribution in [3.8, 4) is 0 Å². The van der Waals surface area contributed by atoms with Crippen molar-refractivity contribution < 1.29 is 4.79 Å². The molecule has 1 aromatic carbocycles. The van der Waals surface area contributed by atoms with E-state index in [1.54, 1.807) is 18.5 Å². The average molecular weight is 256 g/mol. The molecule has 0 aliphatic rings. The monoisotopic (exact) mass is 256 g/mol. The first-order valence-electron chi connectivity index (χ1n) is 6.90. The molecule has 0 amide bonds. The van der Waals surface area contributed by atoms with Gasteiger partial charge >= 0.3 is 0 Å². The van der Waals surface area contributed by atoms with Gasteiger partial charge in [0.2, 0.25) is 0 Å². The average Bonchev–Trinajstić information content (AvgIpc) is 2.95. The summed E-state index contributed by atoms with van der Waals surface area (Å²) in [5.74, 6) is 0.00346. The van der Waals surface area contributed by atoms with Crippen molar-refractivity contribution in [2.24, 2.45) is 0 Å². The Hall–Kier alpha value is -1.90. The lowest BCUT2D eigenvalue weighted by atomic mass is 10.0. The molecule has 0 aliphatic carbocycles. The summed E-state index contributed by atoms with van der Waals surface area (Å²) >= 11 is 0. The fraction of sp³-hybridized carbons (Fsp3) is 0.375. The smallest absolute Gasteiger partial charge is 0.251 e. The zero-order chi connectivity index (χ0) is 13.5. The predicted molar refractivity (Wildman–Crippen MR) is 76.2 cm³/mol. The van der Waals surface area contributed by atoms with Crippen molar-refractivity contribution in [2.75, 3.05) is 0 Å². The van der Waals surface area contributed by atoms with Crippen LogP contribution in [-0.4, -0.2) is 15.7 Å². The number of rotatable bonds is 6. The van der Waals surface area contributed by atoms with Crippen LogP contribution >= 0.6 is 0 Å². The number of aromatic nitrogens is 2. The Kier molecular flexibility index (Phi) is 4.90.